The summed E-state index contributed by atoms with van der Waals surface area (Å²) in [6.07, 6.45) is 3.35. The average Bonchev–Trinajstić information content (AvgIpc) is 3.43. The number of aromatic nitrogens is 2. The molecule has 0 aliphatic carbocycles. The standard InChI is InChI=1S/C23H21N3O3/c1-28-21-12-6-5-11-19(21)22-20(23(27)24-14-18-10-7-13-29-18)16-26(25-22)15-17-8-3-2-4-9-17/h2-13,16H,14-15H2,1H3,(H,24,27). The first-order chi connectivity index (χ1) is 14.2. The lowest BCUT2D eigenvalue weighted by Gasteiger charge is -2.08. The van der Waals surface area contributed by atoms with Crippen molar-refractivity contribution >= 4 is 5.91 Å². The molecule has 4 rings (SSSR count). The molecule has 0 aliphatic heterocycles. The van der Waals surface area contributed by atoms with Crippen molar-refractivity contribution in [3.8, 4) is 17.0 Å². The summed E-state index contributed by atoms with van der Waals surface area (Å²) in [6.45, 7) is 0.871. The Morgan fingerprint density at radius 3 is 2.62 bits per heavy atom. The minimum Gasteiger partial charge on any atom is -0.496 e. The smallest absolute Gasteiger partial charge is 0.255 e. The molecule has 0 bridgehead atoms. The number of rotatable bonds is 7. The van der Waals surface area contributed by atoms with Gasteiger partial charge in [-0.2, -0.15) is 5.10 Å². The van der Waals surface area contributed by atoms with Gasteiger partial charge in [0.05, 0.1) is 32.0 Å². The van der Waals surface area contributed by atoms with Crippen LogP contribution in [0.15, 0.2) is 83.6 Å². The first-order valence-electron chi connectivity index (χ1n) is 9.30. The van der Waals surface area contributed by atoms with E-state index >= 15 is 0 Å². The first kappa shape index (κ1) is 18.6. The molecule has 0 radical (unpaired) electrons. The minimum atomic E-state index is -0.221. The molecule has 0 fully saturated rings. The predicted molar refractivity (Wildman–Crippen MR) is 110 cm³/mol. The van der Waals surface area contributed by atoms with Gasteiger partial charge in [-0.05, 0) is 29.8 Å². The molecule has 1 N–H and O–H groups in total. The van der Waals surface area contributed by atoms with E-state index in [1.807, 2.05) is 60.7 Å². The molecule has 146 valence electrons. The summed E-state index contributed by atoms with van der Waals surface area (Å²) >= 11 is 0. The fourth-order valence-corrected chi connectivity index (χ4v) is 3.15. The SMILES string of the molecule is COc1ccccc1-c1nn(Cc2ccccc2)cc1C(=O)NCc1ccco1. The zero-order valence-corrected chi connectivity index (χ0v) is 16.0. The van der Waals surface area contributed by atoms with E-state index < -0.39 is 0 Å². The molecule has 2 aromatic carbocycles. The zero-order valence-electron chi connectivity index (χ0n) is 16.0. The number of nitrogens with one attached hydrogen (secondary N) is 1. The van der Waals surface area contributed by atoms with Gasteiger partial charge >= 0.3 is 0 Å². The maximum atomic E-state index is 13.0. The lowest BCUT2D eigenvalue weighted by molar-refractivity contribution is 0.0948. The van der Waals surface area contributed by atoms with Crippen LogP contribution in [0.4, 0.5) is 0 Å². The van der Waals surface area contributed by atoms with Gasteiger partial charge in [-0.25, -0.2) is 0 Å². The third kappa shape index (κ3) is 4.21. The van der Waals surface area contributed by atoms with Gasteiger partial charge in [-0.1, -0.05) is 42.5 Å². The Morgan fingerprint density at radius 1 is 1.07 bits per heavy atom. The van der Waals surface area contributed by atoms with E-state index in [1.54, 1.807) is 30.3 Å². The number of hydrogen-bond donors (Lipinski definition) is 1. The van der Waals surface area contributed by atoms with E-state index in [2.05, 4.69) is 5.32 Å². The molecule has 29 heavy (non-hydrogen) atoms. The molecule has 6 heteroatoms. The lowest BCUT2D eigenvalue weighted by atomic mass is 10.1. The van der Waals surface area contributed by atoms with Crippen LogP contribution in [-0.2, 0) is 13.1 Å². The molecule has 6 nitrogen and oxygen atoms in total. The van der Waals surface area contributed by atoms with E-state index in [-0.39, 0.29) is 5.91 Å². The van der Waals surface area contributed by atoms with Crippen molar-refractivity contribution in [1.82, 2.24) is 15.1 Å². The van der Waals surface area contributed by atoms with Gasteiger partial charge in [0.15, 0.2) is 0 Å². The third-order valence-electron chi connectivity index (χ3n) is 4.56. The van der Waals surface area contributed by atoms with E-state index in [1.165, 1.54) is 0 Å². The van der Waals surface area contributed by atoms with Gasteiger partial charge in [-0.3, -0.25) is 9.48 Å². The molecule has 0 atom stereocenters. The van der Waals surface area contributed by atoms with Gasteiger partial charge in [0, 0.05) is 11.8 Å². The summed E-state index contributed by atoms with van der Waals surface area (Å²) in [5, 5.41) is 7.60. The van der Waals surface area contributed by atoms with E-state index in [4.69, 9.17) is 14.3 Å². The number of ether oxygens (including phenoxy) is 1. The summed E-state index contributed by atoms with van der Waals surface area (Å²) in [6, 6.07) is 21.2. The fraction of sp³-hybridized carbons (Fsp3) is 0.130. The maximum Gasteiger partial charge on any atom is 0.255 e. The molecule has 0 unspecified atom stereocenters. The highest BCUT2D eigenvalue weighted by atomic mass is 16.5. The van der Waals surface area contributed by atoms with Crippen LogP contribution in [0.5, 0.6) is 5.75 Å². The Morgan fingerprint density at radius 2 is 1.86 bits per heavy atom. The van der Waals surface area contributed by atoms with Crippen molar-refractivity contribution in [3.63, 3.8) is 0 Å². The number of methoxy groups -OCH3 is 1. The first-order valence-corrected chi connectivity index (χ1v) is 9.30. The summed E-state index contributed by atoms with van der Waals surface area (Å²) < 4.78 is 12.6. The van der Waals surface area contributed by atoms with E-state index in [0.717, 1.165) is 11.1 Å². The van der Waals surface area contributed by atoms with Crippen LogP contribution >= 0.6 is 0 Å². The predicted octanol–water partition coefficient (Wildman–Crippen LogP) is 4.13. The largest absolute Gasteiger partial charge is 0.496 e. The van der Waals surface area contributed by atoms with Crippen LogP contribution in [0.2, 0.25) is 0 Å². The number of nitrogens with zero attached hydrogens (tertiary/aromatic N) is 2. The molecule has 2 heterocycles. The molecular weight excluding hydrogens is 366 g/mol. The Hall–Kier alpha value is -3.80. The number of furan rings is 1. The Balaban J connectivity index is 1.68. The van der Waals surface area contributed by atoms with Gasteiger partial charge < -0.3 is 14.5 Å². The van der Waals surface area contributed by atoms with Crippen LogP contribution in [0.3, 0.4) is 0 Å². The number of hydrogen-bond acceptors (Lipinski definition) is 4. The van der Waals surface area contributed by atoms with Crippen LogP contribution < -0.4 is 10.1 Å². The fourth-order valence-electron chi connectivity index (χ4n) is 3.15. The number of carbonyl (C=O) groups excluding carboxylic acids is 1. The van der Waals surface area contributed by atoms with Crippen molar-refractivity contribution in [2.75, 3.05) is 7.11 Å². The summed E-state index contributed by atoms with van der Waals surface area (Å²) in [4.78, 5) is 13.0. The lowest BCUT2D eigenvalue weighted by Crippen LogP contribution is -2.22. The van der Waals surface area contributed by atoms with Gasteiger partial charge in [0.1, 0.15) is 17.2 Å². The quantitative estimate of drug-likeness (QED) is 0.518. The van der Waals surface area contributed by atoms with Gasteiger partial charge in [-0.15, -0.1) is 0 Å². The molecule has 0 aliphatic rings. The van der Waals surface area contributed by atoms with Crippen LogP contribution in [-0.4, -0.2) is 22.8 Å². The maximum absolute atomic E-state index is 13.0. The second-order valence-corrected chi connectivity index (χ2v) is 6.54. The number of amides is 1. The number of carbonyl (C=O) groups is 1. The van der Waals surface area contributed by atoms with Crippen molar-refractivity contribution in [1.29, 1.82) is 0 Å². The number of para-hydroxylation sites is 1. The van der Waals surface area contributed by atoms with Crippen molar-refractivity contribution in [3.05, 3.63) is 96.1 Å². The van der Waals surface area contributed by atoms with E-state index in [9.17, 15) is 4.79 Å². The summed E-state index contributed by atoms with van der Waals surface area (Å²) in [7, 11) is 1.61. The third-order valence-corrected chi connectivity index (χ3v) is 4.56. The summed E-state index contributed by atoms with van der Waals surface area (Å²) in [5.41, 5.74) is 2.93. The van der Waals surface area contributed by atoms with E-state index in [0.29, 0.717) is 35.9 Å². The number of benzene rings is 2. The normalized spacial score (nSPS) is 10.7. The minimum absolute atomic E-state index is 0.221. The molecule has 4 aromatic rings. The molecule has 2 aromatic heterocycles. The second kappa shape index (κ2) is 8.48. The monoisotopic (exact) mass is 387 g/mol. The highest BCUT2D eigenvalue weighted by Crippen LogP contribution is 2.31. The van der Waals surface area contributed by atoms with Crippen LogP contribution in [0.25, 0.3) is 11.3 Å². The Labute approximate surface area is 168 Å². The highest BCUT2D eigenvalue weighted by molar-refractivity contribution is 6.00. The van der Waals surface area contributed by atoms with Gasteiger partial charge in [0.2, 0.25) is 0 Å². The van der Waals surface area contributed by atoms with Crippen LogP contribution in [0, 0.1) is 0 Å². The molecular formula is C23H21N3O3. The molecule has 0 saturated carbocycles. The second-order valence-electron chi connectivity index (χ2n) is 6.54. The van der Waals surface area contributed by atoms with Crippen molar-refractivity contribution in [2.45, 2.75) is 13.1 Å². The van der Waals surface area contributed by atoms with Gasteiger partial charge in [0.25, 0.3) is 5.91 Å². The van der Waals surface area contributed by atoms with Crippen LogP contribution in [0.1, 0.15) is 21.7 Å². The summed E-state index contributed by atoms with van der Waals surface area (Å²) in [5.74, 6) is 1.13. The average molecular weight is 387 g/mol. The Kier molecular flexibility index (Phi) is 5.42. The van der Waals surface area contributed by atoms with Crippen molar-refractivity contribution in [2.24, 2.45) is 0 Å². The topological polar surface area (TPSA) is 69.3 Å². The molecule has 0 saturated heterocycles. The Bertz CT molecular complexity index is 1090. The zero-order chi connectivity index (χ0) is 20.1. The highest BCUT2D eigenvalue weighted by Gasteiger charge is 2.20. The van der Waals surface area contributed by atoms with Crippen molar-refractivity contribution < 1.29 is 13.9 Å². The molecule has 1 amide bonds. The molecule has 0 spiro atoms.